The monoisotopic (exact) mass is 450 g/mol. The van der Waals surface area contributed by atoms with Crippen molar-refractivity contribution in [2.24, 2.45) is 11.7 Å². The van der Waals surface area contributed by atoms with Gasteiger partial charge in [0.2, 0.25) is 0 Å². The third kappa shape index (κ3) is 5.13. The number of ketones is 1. The summed E-state index contributed by atoms with van der Waals surface area (Å²) in [5, 5.41) is 0. The molecule has 0 bridgehead atoms. The van der Waals surface area contributed by atoms with Gasteiger partial charge in [-0.3, -0.25) is 9.69 Å². The molecular formula is C28H38N2OS. The molecule has 0 amide bonds. The second kappa shape index (κ2) is 11.0. The molecule has 0 spiro atoms. The van der Waals surface area contributed by atoms with Crippen molar-refractivity contribution in [1.29, 1.82) is 0 Å². The van der Waals surface area contributed by atoms with Gasteiger partial charge < -0.3 is 5.73 Å². The number of Topliss-reactive ketones (excluding diaryl/α,β-unsaturated/α-hetero) is 1. The summed E-state index contributed by atoms with van der Waals surface area (Å²) in [5.41, 5.74) is 11.4. The molecule has 32 heavy (non-hydrogen) atoms. The first kappa shape index (κ1) is 23.5. The number of nitrogens with zero attached hydrogens (tertiary/aromatic N) is 1. The number of unbranched alkanes of at least 4 members (excludes halogenated alkanes) is 1. The van der Waals surface area contributed by atoms with Crippen molar-refractivity contribution in [3.63, 3.8) is 0 Å². The van der Waals surface area contributed by atoms with E-state index in [2.05, 4.69) is 73.0 Å². The number of piperidine rings is 1. The van der Waals surface area contributed by atoms with Gasteiger partial charge in [-0.05, 0) is 60.9 Å². The molecule has 0 saturated carbocycles. The van der Waals surface area contributed by atoms with Crippen LogP contribution in [0, 0.1) is 5.92 Å². The molecule has 0 aromatic heterocycles. The Labute approximate surface area is 199 Å². The highest BCUT2D eigenvalue weighted by atomic mass is 32.1. The number of likely N-dealkylation sites (tertiary alicyclic amines) is 1. The van der Waals surface area contributed by atoms with Crippen LogP contribution < -0.4 is 5.73 Å². The number of carbonyl (C=O) groups excluding carboxylic acids is 1. The van der Waals surface area contributed by atoms with Gasteiger partial charge in [-0.2, -0.15) is 12.6 Å². The third-order valence-corrected chi connectivity index (χ3v) is 7.98. The predicted octanol–water partition coefficient (Wildman–Crippen LogP) is 5.01. The fraction of sp³-hybridized carbons (Fsp3) is 0.536. The van der Waals surface area contributed by atoms with Gasteiger partial charge in [-0.25, -0.2) is 0 Å². The second-order valence-electron chi connectivity index (χ2n) is 9.69. The molecule has 1 aliphatic carbocycles. The number of hydrogen-bond acceptors (Lipinski definition) is 4. The molecule has 0 radical (unpaired) electrons. The number of benzene rings is 2. The normalized spacial score (nSPS) is 22.6. The molecule has 2 aromatic carbocycles. The third-order valence-electron chi connectivity index (χ3n) is 7.51. The Hall–Kier alpha value is -1.62. The number of aryl methyl sites for hydroxylation is 2. The van der Waals surface area contributed by atoms with Crippen molar-refractivity contribution in [3.8, 4) is 0 Å². The molecule has 2 aromatic rings. The molecule has 4 heteroatoms. The summed E-state index contributed by atoms with van der Waals surface area (Å²) in [7, 11) is 0. The Bertz CT molecular complexity index is 866. The summed E-state index contributed by atoms with van der Waals surface area (Å²) in [6.45, 7) is 4.09. The maximum Gasteiger partial charge on any atom is 0.147 e. The first-order valence-corrected chi connectivity index (χ1v) is 13.0. The Morgan fingerprint density at radius 2 is 1.72 bits per heavy atom. The number of carbonyl (C=O) groups is 1. The molecular weight excluding hydrogens is 412 g/mol. The van der Waals surface area contributed by atoms with Crippen LogP contribution in [0.2, 0.25) is 0 Å². The van der Waals surface area contributed by atoms with E-state index in [-0.39, 0.29) is 17.9 Å². The zero-order chi connectivity index (χ0) is 22.5. The number of thiol groups is 1. The Morgan fingerprint density at radius 1 is 1.09 bits per heavy atom. The van der Waals surface area contributed by atoms with E-state index in [1.54, 1.807) is 0 Å². The lowest BCUT2D eigenvalue weighted by Gasteiger charge is -2.41. The maximum absolute atomic E-state index is 14.2. The molecule has 3 atom stereocenters. The Kier molecular flexibility index (Phi) is 8.09. The smallest absolute Gasteiger partial charge is 0.147 e. The van der Waals surface area contributed by atoms with Gasteiger partial charge in [0.05, 0.1) is 5.92 Å². The van der Waals surface area contributed by atoms with E-state index in [9.17, 15) is 4.79 Å². The first-order chi connectivity index (χ1) is 15.6. The number of fused-ring (bicyclic) bond motifs is 2. The van der Waals surface area contributed by atoms with Crippen LogP contribution in [0.25, 0.3) is 0 Å². The van der Waals surface area contributed by atoms with Gasteiger partial charge in [0, 0.05) is 30.3 Å². The van der Waals surface area contributed by atoms with Crippen LogP contribution in [0.15, 0.2) is 48.5 Å². The minimum Gasteiger partial charge on any atom is -0.326 e. The van der Waals surface area contributed by atoms with Crippen molar-refractivity contribution in [1.82, 2.24) is 4.90 Å². The SMILES string of the molecule is CCCCC1CC(C(=O)C2c3ccccc3CCc3ccccc32)CCN1C[C@@H](N)CS. The summed E-state index contributed by atoms with van der Waals surface area (Å²) in [6, 6.07) is 17.8. The lowest BCUT2D eigenvalue weighted by Crippen LogP contribution is -2.49. The first-order valence-electron chi connectivity index (χ1n) is 12.4. The lowest BCUT2D eigenvalue weighted by atomic mass is 9.75. The Morgan fingerprint density at radius 3 is 2.31 bits per heavy atom. The molecule has 3 nitrogen and oxygen atoms in total. The minimum absolute atomic E-state index is 0.0929. The van der Waals surface area contributed by atoms with Gasteiger partial charge in [-0.1, -0.05) is 68.3 Å². The van der Waals surface area contributed by atoms with Crippen LogP contribution in [0.4, 0.5) is 0 Å². The molecule has 1 fully saturated rings. The van der Waals surface area contributed by atoms with Gasteiger partial charge in [0.15, 0.2) is 0 Å². The molecule has 1 aliphatic heterocycles. The fourth-order valence-corrected chi connectivity index (χ4v) is 5.88. The standard InChI is InChI=1S/C28H38N2OS/c1-2-3-10-24-17-22(15-16-30(24)18-23(29)19-32)28(31)27-25-11-6-4-8-20(25)13-14-21-9-5-7-12-26(21)27/h4-9,11-12,22-24,27,32H,2-3,10,13-19,29H2,1H3/t22?,23-,24?/m1/s1. The molecule has 1 heterocycles. The van der Waals surface area contributed by atoms with Gasteiger partial charge in [0.25, 0.3) is 0 Å². The quantitative estimate of drug-likeness (QED) is 0.556. The average Bonchev–Trinajstić information content (AvgIpc) is 2.99. The van der Waals surface area contributed by atoms with Gasteiger partial charge >= 0.3 is 0 Å². The van der Waals surface area contributed by atoms with Crippen LogP contribution in [0.3, 0.4) is 0 Å². The Balaban J connectivity index is 1.61. The van der Waals surface area contributed by atoms with Crippen LogP contribution >= 0.6 is 12.6 Å². The summed E-state index contributed by atoms with van der Waals surface area (Å²) >= 11 is 4.39. The van der Waals surface area contributed by atoms with Crippen LogP contribution in [0.5, 0.6) is 0 Å². The van der Waals surface area contributed by atoms with Crippen molar-refractivity contribution >= 4 is 18.4 Å². The lowest BCUT2D eigenvalue weighted by molar-refractivity contribution is -0.125. The minimum atomic E-state index is -0.132. The van der Waals surface area contributed by atoms with E-state index in [4.69, 9.17) is 5.73 Å². The van der Waals surface area contributed by atoms with Crippen LogP contribution in [-0.4, -0.2) is 41.6 Å². The van der Waals surface area contributed by atoms with Crippen molar-refractivity contribution < 1.29 is 4.79 Å². The fourth-order valence-electron chi connectivity index (χ4n) is 5.76. The molecule has 172 valence electrons. The van der Waals surface area contributed by atoms with Crippen molar-refractivity contribution in [3.05, 3.63) is 70.8 Å². The van der Waals surface area contributed by atoms with Crippen LogP contribution in [0.1, 0.15) is 67.2 Å². The van der Waals surface area contributed by atoms with Gasteiger partial charge in [-0.15, -0.1) is 0 Å². The van der Waals surface area contributed by atoms with Gasteiger partial charge in [0.1, 0.15) is 5.78 Å². The van der Waals surface area contributed by atoms with Crippen molar-refractivity contribution in [2.75, 3.05) is 18.8 Å². The highest BCUT2D eigenvalue weighted by Crippen LogP contribution is 2.39. The molecule has 4 rings (SSSR count). The predicted molar refractivity (Wildman–Crippen MR) is 137 cm³/mol. The number of rotatable bonds is 8. The van der Waals surface area contributed by atoms with E-state index >= 15 is 0 Å². The summed E-state index contributed by atoms with van der Waals surface area (Å²) in [6.07, 6.45) is 7.45. The highest BCUT2D eigenvalue weighted by molar-refractivity contribution is 7.80. The molecule has 2 unspecified atom stereocenters. The summed E-state index contributed by atoms with van der Waals surface area (Å²) in [5.74, 6) is 1.11. The summed E-state index contributed by atoms with van der Waals surface area (Å²) in [4.78, 5) is 16.7. The van der Waals surface area contributed by atoms with E-state index < -0.39 is 0 Å². The van der Waals surface area contributed by atoms with E-state index in [1.165, 1.54) is 35.1 Å². The van der Waals surface area contributed by atoms with Crippen molar-refractivity contribution in [2.45, 2.75) is 69.9 Å². The molecule has 2 aliphatic rings. The second-order valence-corrected chi connectivity index (χ2v) is 10.1. The van der Waals surface area contributed by atoms with E-state index in [0.717, 1.165) is 45.2 Å². The van der Waals surface area contributed by atoms with Crippen LogP contribution in [-0.2, 0) is 17.6 Å². The largest absolute Gasteiger partial charge is 0.326 e. The zero-order valence-electron chi connectivity index (χ0n) is 19.4. The zero-order valence-corrected chi connectivity index (χ0v) is 20.3. The summed E-state index contributed by atoms with van der Waals surface area (Å²) < 4.78 is 0. The maximum atomic E-state index is 14.2. The molecule has 1 saturated heterocycles. The highest BCUT2D eigenvalue weighted by Gasteiger charge is 2.38. The van der Waals surface area contributed by atoms with E-state index in [1.807, 2.05) is 0 Å². The topological polar surface area (TPSA) is 46.3 Å². The number of hydrogen-bond donors (Lipinski definition) is 2. The number of nitrogens with two attached hydrogens (primary N) is 1. The molecule has 2 N–H and O–H groups in total. The average molecular weight is 451 g/mol. The van der Waals surface area contributed by atoms with E-state index in [0.29, 0.717) is 17.6 Å².